The highest BCUT2D eigenvalue weighted by Crippen LogP contribution is 2.39. The summed E-state index contributed by atoms with van der Waals surface area (Å²) in [5, 5.41) is 0.131. The smallest absolute Gasteiger partial charge is 0.293 e. The van der Waals surface area contributed by atoms with Crippen molar-refractivity contribution >= 4 is 40.6 Å². The Hall–Kier alpha value is -2.44. The van der Waals surface area contributed by atoms with Gasteiger partial charge in [-0.25, -0.2) is 0 Å². The monoisotopic (exact) mass is 431 g/mol. The van der Waals surface area contributed by atoms with E-state index in [9.17, 15) is 9.59 Å². The van der Waals surface area contributed by atoms with Crippen molar-refractivity contribution in [3.63, 3.8) is 0 Å². The Morgan fingerprint density at radius 1 is 1.07 bits per heavy atom. The van der Waals surface area contributed by atoms with Gasteiger partial charge in [0.1, 0.15) is 0 Å². The largest absolute Gasteiger partial charge is 0.490 e. The second-order valence-electron chi connectivity index (χ2n) is 6.26. The molecule has 0 atom stereocenters. The maximum Gasteiger partial charge on any atom is 0.293 e. The second-order valence-corrected chi connectivity index (χ2v) is 7.67. The van der Waals surface area contributed by atoms with Crippen LogP contribution in [-0.2, 0) is 11.2 Å². The van der Waals surface area contributed by atoms with Crippen LogP contribution < -0.4 is 9.47 Å². The third-order valence-corrected chi connectivity index (χ3v) is 5.45. The van der Waals surface area contributed by atoms with Crippen molar-refractivity contribution in [2.24, 2.45) is 0 Å². The first-order valence-electron chi connectivity index (χ1n) is 9.42. The summed E-state index contributed by atoms with van der Waals surface area (Å²) in [5.74, 6) is 0.694. The Morgan fingerprint density at radius 2 is 1.79 bits per heavy atom. The molecule has 7 heteroatoms. The van der Waals surface area contributed by atoms with E-state index in [4.69, 9.17) is 21.1 Å². The Morgan fingerprint density at radius 3 is 2.48 bits per heavy atom. The quantitative estimate of drug-likeness (QED) is 0.522. The maximum absolute atomic E-state index is 12.7. The predicted octanol–water partition coefficient (Wildman–Crippen LogP) is 5.42. The van der Waals surface area contributed by atoms with Crippen LogP contribution in [0.15, 0.2) is 47.4 Å². The minimum absolute atomic E-state index is 0.265. The van der Waals surface area contributed by atoms with Gasteiger partial charge in [-0.1, -0.05) is 41.9 Å². The molecule has 5 nitrogen and oxygen atoms in total. The lowest BCUT2D eigenvalue weighted by Gasteiger charge is -2.13. The topological polar surface area (TPSA) is 55.8 Å². The Bertz CT molecular complexity index is 930. The molecule has 0 saturated carbocycles. The summed E-state index contributed by atoms with van der Waals surface area (Å²) in [5.41, 5.74) is 1.76. The van der Waals surface area contributed by atoms with Crippen molar-refractivity contribution in [2.75, 3.05) is 19.8 Å². The maximum atomic E-state index is 12.7. The van der Waals surface area contributed by atoms with Gasteiger partial charge in [0.2, 0.25) is 0 Å². The highest BCUT2D eigenvalue weighted by molar-refractivity contribution is 8.18. The third-order valence-electron chi connectivity index (χ3n) is 4.26. The molecular formula is C22H22ClNO4S. The van der Waals surface area contributed by atoms with E-state index in [2.05, 4.69) is 0 Å². The first-order chi connectivity index (χ1) is 14.0. The summed E-state index contributed by atoms with van der Waals surface area (Å²) < 4.78 is 11.2. The van der Waals surface area contributed by atoms with Gasteiger partial charge in [0, 0.05) is 6.54 Å². The van der Waals surface area contributed by atoms with Crippen LogP contribution >= 0.6 is 23.4 Å². The minimum atomic E-state index is -0.293. The predicted molar refractivity (Wildman–Crippen MR) is 117 cm³/mol. The molecule has 0 radical (unpaired) electrons. The number of halogens is 1. The molecule has 1 fully saturated rings. The molecule has 0 aromatic heterocycles. The van der Waals surface area contributed by atoms with Crippen molar-refractivity contribution in [1.82, 2.24) is 4.90 Å². The van der Waals surface area contributed by atoms with E-state index < -0.39 is 0 Å². The number of hydrogen-bond donors (Lipinski definition) is 0. The van der Waals surface area contributed by atoms with Crippen molar-refractivity contribution in [3.8, 4) is 11.5 Å². The molecule has 3 rings (SSSR count). The van der Waals surface area contributed by atoms with E-state index >= 15 is 0 Å². The van der Waals surface area contributed by atoms with Gasteiger partial charge in [-0.3, -0.25) is 14.5 Å². The van der Waals surface area contributed by atoms with Crippen molar-refractivity contribution in [1.29, 1.82) is 0 Å². The van der Waals surface area contributed by atoms with E-state index in [1.54, 1.807) is 18.2 Å². The number of nitrogens with zero attached hydrogens (tertiary/aromatic N) is 1. The van der Waals surface area contributed by atoms with Crippen LogP contribution in [0, 0.1) is 0 Å². The van der Waals surface area contributed by atoms with Crippen LogP contribution in [0.3, 0.4) is 0 Å². The van der Waals surface area contributed by atoms with Gasteiger partial charge in [0.05, 0.1) is 23.1 Å². The molecule has 1 saturated heterocycles. The van der Waals surface area contributed by atoms with Crippen LogP contribution in [0.1, 0.15) is 25.0 Å². The second kappa shape index (κ2) is 9.85. The van der Waals surface area contributed by atoms with Gasteiger partial charge in [-0.15, -0.1) is 0 Å². The molecule has 1 aliphatic heterocycles. The molecule has 29 heavy (non-hydrogen) atoms. The number of benzene rings is 2. The Kier molecular flexibility index (Phi) is 7.23. The summed E-state index contributed by atoms with van der Waals surface area (Å²) in [6.45, 7) is 5.00. The number of thioether (sulfide) groups is 1. The molecule has 2 aromatic rings. The minimum Gasteiger partial charge on any atom is -0.490 e. The fourth-order valence-corrected chi connectivity index (χ4v) is 4.09. The lowest BCUT2D eigenvalue weighted by molar-refractivity contribution is -0.122. The Balaban J connectivity index is 1.79. The van der Waals surface area contributed by atoms with E-state index in [0.717, 1.165) is 17.3 Å². The number of imide groups is 1. The first kappa shape index (κ1) is 21.3. The molecule has 1 aliphatic rings. The number of rotatable bonds is 8. The SMILES string of the molecule is CCOc1cc(/C=C2/SC(=O)N(CCc3ccccc3)C2=O)cc(Cl)c1OCC. The molecule has 1 heterocycles. The van der Waals surface area contributed by atoms with Crippen LogP contribution in [0.2, 0.25) is 5.02 Å². The molecule has 0 N–H and O–H groups in total. The van der Waals surface area contributed by atoms with Gasteiger partial charge in [0.25, 0.3) is 11.1 Å². The zero-order valence-electron chi connectivity index (χ0n) is 16.3. The highest BCUT2D eigenvalue weighted by atomic mass is 35.5. The number of carbonyl (C=O) groups excluding carboxylic acids is 2. The van der Waals surface area contributed by atoms with E-state index in [-0.39, 0.29) is 11.1 Å². The lowest BCUT2D eigenvalue weighted by atomic mass is 10.1. The number of hydrogen-bond acceptors (Lipinski definition) is 5. The van der Waals surface area contributed by atoms with Gasteiger partial charge in [0.15, 0.2) is 11.5 Å². The summed E-state index contributed by atoms with van der Waals surface area (Å²) in [6.07, 6.45) is 2.28. The van der Waals surface area contributed by atoms with E-state index in [0.29, 0.717) is 53.2 Å². The van der Waals surface area contributed by atoms with Gasteiger partial charge < -0.3 is 9.47 Å². The summed E-state index contributed by atoms with van der Waals surface area (Å²) in [4.78, 5) is 26.7. The number of amides is 2. The third kappa shape index (κ3) is 5.14. The summed E-state index contributed by atoms with van der Waals surface area (Å²) in [7, 11) is 0. The fraction of sp³-hybridized carbons (Fsp3) is 0.273. The van der Waals surface area contributed by atoms with Crippen LogP contribution in [-0.4, -0.2) is 35.8 Å². The van der Waals surface area contributed by atoms with Crippen LogP contribution in [0.5, 0.6) is 11.5 Å². The summed E-state index contributed by atoms with van der Waals surface area (Å²) >= 11 is 7.28. The van der Waals surface area contributed by atoms with Crippen LogP contribution in [0.25, 0.3) is 6.08 Å². The molecule has 0 bridgehead atoms. The molecule has 2 amide bonds. The van der Waals surface area contributed by atoms with E-state index in [1.807, 2.05) is 44.2 Å². The fourth-order valence-electron chi connectivity index (χ4n) is 2.95. The number of carbonyl (C=O) groups is 2. The van der Waals surface area contributed by atoms with Crippen molar-refractivity contribution in [2.45, 2.75) is 20.3 Å². The molecule has 0 spiro atoms. The van der Waals surface area contributed by atoms with Gasteiger partial charge in [-0.05, 0) is 61.4 Å². The first-order valence-corrected chi connectivity index (χ1v) is 10.6. The molecule has 152 valence electrons. The normalized spacial score (nSPS) is 15.3. The zero-order chi connectivity index (χ0) is 20.8. The van der Waals surface area contributed by atoms with Crippen LogP contribution in [0.4, 0.5) is 4.79 Å². The Labute approximate surface area is 179 Å². The molecule has 0 aliphatic carbocycles. The van der Waals surface area contributed by atoms with Crippen molar-refractivity contribution < 1.29 is 19.1 Å². The summed E-state index contributed by atoms with van der Waals surface area (Å²) in [6, 6.07) is 13.2. The standard InChI is InChI=1S/C22H22ClNO4S/c1-3-27-18-13-16(12-17(23)20(18)28-4-2)14-19-21(25)24(22(26)29-19)11-10-15-8-6-5-7-9-15/h5-9,12-14H,3-4,10-11H2,1-2H3/b19-14+. The zero-order valence-corrected chi connectivity index (χ0v) is 17.9. The average Bonchev–Trinajstić information content (AvgIpc) is 2.97. The highest BCUT2D eigenvalue weighted by Gasteiger charge is 2.34. The van der Waals surface area contributed by atoms with Crippen molar-refractivity contribution in [3.05, 3.63) is 63.5 Å². The van der Waals surface area contributed by atoms with E-state index in [1.165, 1.54) is 4.90 Å². The number of ether oxygens (including phenoxy) is 2. The average molecular weight is 432 g/mol. The van der Waals surface area contributed by atoms with Gasteiger partial charge in [-0.2, -0.15) is 0 Å². The van der Waals surface area contributed by atoms with Gasteiger partial charge >= 0.3 is 0 Å². The molecular weight excluding hydrogens is 410 g/mol. The lowest BCUT2D eigenvalue weighted by Crippen LogP contribution is -2.30. The molecule has 0 unspecified atom stereocenters. The molecule has 2 aromatic carbocycles.